The Morgan fingerprint density at radius 3 is 2.85 bits per heavy atom. The third-order valence-corrected chi connectivity index (χ3v) is 3.45. The Labute approximate surface area is 115 Å². The van der Waals surface area contributed by atoms with E-state index >= 15 is 0 Å². The van der Waals surface area contributed by atoms with Crippen LogP contribution in [-0.4, -0.2) is 22.2 Å². The number of carboxylic acids is 1. The van der Waals surface area contributed by atoms with Gasteiger partial charge >= 0.3 is 5.97 Å². The van der Waals surface area contributed by atoms with Crippen molar-refractivity contribution in [3.05, 3.63) is 64.1 Å². The molecule has 1 aromatic carbocycles. The van der Waals surface area contributed by atoms with Crippen molar-refractivity contribution < 1.29 is 14.6 Å². The third-order valence-electron chi connectivity index (χ3n) is 3.45. The average molecular weight is 271 g/mol. The van der Waals surface area contributed by atoms with Gasteiger partial charge in [0.2, 0.25) is 0 Å². The summed E-state index contributed by atoms with van der Waals surface area (Å²) in [4.78, 5) is 23.1. The predicted octanol–water partition coefficient (Wildman–Crippen LogP) is 1.92. The predicted molar refractivity (Wildman–Crippen MR) is 72.4 cm³/mol. The third kappa shape index (κ3) is 2.07. The van der Waals surface area contributed by atoms with Crippen LogP contribution in [0.4, 0.5) is 0 Å². The molecule has 2 aromatic rings. The Bertz CT molecular complexity index is 720. The van der Waals surface area contributed by atoms with E-state index in [2.05, 4.69) is 0 Å². The molecular weight excluding hydrogens is 258 g/mol. The zero-order valence-corrected chi connectivity index (χ0v) is 10.7. The molecule has 2 heterocycles. The second-order valence-electron chi connectivity index (χ2n) is 4.66. The zero-order chi connectivity index (χ0) is 14.1. The first-order valence-electron chi connectivity index (χ1n) is 6.34. The topological polar surface area (TPSA) is 68.5 Å². The number of carboxylic acid groups (broad SMARTS) is 1. The van der Waals surface area contributed by atoms with Crippen LogP contribution in [0.25, 0.3) is 0 Å². The summed E-state index contributed by atoms with van der Waals surface area (Å²) in [6, 6.07) is 9.94. The molecule has 0 saturated carbocycles. The molecule has 1 N–H and O–H groups in total. The van der Waals surface area contributed by atoms with E-state index in [0.717, 1.165) is 11.3 Å². The van der Waals surface area contributed by atoms with Gasteiger partial charge in [0.25, 0.3) is 5.56 Å². The number of aromatic carboxylic acids is 1. The molecule has 0 saturated heterocycles. The van der Waals surface area contributed by atoms with Gasteiger partial charge in [0, 0.05) is 24.2 Å². The van der Waals surface area contributed by atoms with Crippen molar-refractivity contribution in [1.82, 2.24) is 4.57 Å². The summed E-state index contributed by atoms with van der Waals surface area (Å²) in [5, 5.41) is 9.05. The van der Waals surface area contributed by atoms with E-state index in [-0.39, 0.29) is 17.2 Å². The van der Waals surface area contributed by atoms with E-state index < -0.39 is 5.97 Å². The number of rotatable bonds is 2. The Morgan fingerprint density at radius 2 is 2.05 bits per heavy atom. The fraction of sp³-hybridized carbons (Fsp3) is 0.200. The minimum atomic E-state index is -1.04. The summed E-state index contributed by atoms with van der Waals surface area (Å²) in [7, 11) is 0. The molecule has 0 aliphatic carbocycles. The Hall–Kier alpha value is -2.56. The van der Waals surface area contributed by atoms with Gasteiger partial charge in [0.15, 0.2) is 0 Å². The number of pyridine rings is 1. The van der Waals surface area contributed by atoms with Gasteiger partial charge in [-0.1, -0.05) is 18.2 Å². The van der Waals surface area contributed by atoms with Crippen molar-refractivity contribution in [2.24, 2.45) is 0 Å². The van der Waals surface area contributed by atoms with Crippen molar-refractivity contribution >= 4 is 5.97 Å². The number of para-hydroxylation sites is 1. The summed E-state index contributed by atoms with van der Waals surface area (Å²) in [6.45, 7) is 0.505. The number of fused-ring (bicyclic) bond motifs is 1. The molecule has 1 aliphatic heterocycles. The van der Waals surface area contributed by atoms with Crippen LogP contribution in [0.1, 0.15) is 28.4 Å². The summed E-state index contributed by atoms with van der Waals surface area (Å²) in [5.41, 5.74) is 0.800. The number of aromatic nitrogens is 1. The van der Waals surface area contributed by atoms with Crippen LogP contribution in [0.5, 0.6) is 5.75 Å². The van der Waals surface area contributed by atoms with Crippen molar-refractivity contribution in [3.63, 3.8) is 0 Å². The maximum Gasteiger partial charge on any atom is 0.337 e. The zero-order valence-electron chi connectivity index (χ0n) is 10.7. The van der Waals surface area contributed by atoms with E-state index in [1.807, 2.05) is 24.3 Å². The summed E-state index contributed by atoms with van der Waals surface area (Å²) in [5.74, 6) is -0.296. The SMILES string of the molecule is O=C(O)c1ccc(=O)n(C2CCOc3ccccc32)c1. The monoisotopic (exact) mass is 271 g/mol. The molecule has 0 amide bonds. The fourth-order valence-electron chi connectivity index (χ4n) is 2.49. The standard InChI is InChI=1S/C15H13NO4/c17-14-6-5-10(15(18)19)9-16(14)12-7-8-20-13-4-2-1-3-11(12)13/h1-6,9,12H,7-8H2,(H,18,19). The maximum atomic E-state index is 12.0. The van der Waals surface area contributed by atoms with Gasteiger partial charge in [-0.25, -0.2) is 4.79 Å². The Morgan fingerprint density at radius 1 is 1.25 bits per heavy atom. The van der Waals surface area contributed by atoms with Gasteiger partial charge < -0.3 is 14.4 Å². The quantitative estimate of drug-likeness (QED) is 0.906. The summed E-state index contributed by atoms with van der Waals surface area (Å²) >= 11 is 0. The first-order valence-corrected chi connectivity index (χ1v) is 6.34. The number of ether oxygens (including phenoxy) is 1. The Kier molecular flexibility index (Phi) is 3.02. The van der Waals surface area contributed by atoms with E-state index in [1.165, 1.54) is 22.9 Å². The molecule has 20 heavy (non-hydrogen) atoms. The minimum absolute atomic E-state index is 0.105. The largest absolute Gasteiger partial charge is 0.493 e. The lowest BCUT2D eigenvalue weighted by Crippen LogP contribution is -2.29. The number of nitrogens with zero attached hydrogens (tertiary/aromatic N) is 1. The van der Waals surface area contributed by atoms with Gasteiger partial charge in [0.05, 0.1) is 18.2 Å². The van der Waals surface area contributed by atoms with Crippen LogP contribution in [0.3, 0.4) is 0 Å². The van der Waals surface area contributed by atoms with E-state index in [9.17, 15) is 9.59 Å². The highest BCUT2D eigenvalue weighted by Gasteiger charge is 2.23. The molecule has 102 valence electrons. The van der Waals surface area contributed by atoms with Crippen molar-refractivity contribution in [1.29, 1.82) is 0 Å². The highest BCUT2D eigenvalue weighted by atomic mass is 16.5. The van der Waals surface area contributed by atoms with E-state index in [1.54, 1.807) is 0 Å². The molecule has 0 radical (unpaired) electrons. The normalized spacial score (nSPS) is 17.1. The lowest BCUT2D eigenvalue weighted by molar-refractivity contribution is 0.0695. The molecule has 5 heteroatoms. The number of hydrogen-bond acceptors (Lipinski definition) is 3. The smallest absolute Gasteiger partial charge is 0.337 e. The van der Waals surface area contributed by atoms with E-state index in [0.29, 0.717) is 13.0 Å². The maximum absolute atomic E-state index is 12.0. The van der Waals surface area contributed by atoms with Crippen molar-refractivity contribution in [2.75, 3.05) is 6.61 Å². The number of benzene rings is 1. The summed E-state index contributed by atoms with van der Waals surface area (Å²) in [6.07, 6.45) is 2.04. The molecule has 0 fully saturated rings. The minimum Gasteiger partial charge on any atom is -0.493 e. The van der Waals surface area contributed by atoms with Crippen molar-refractivity contribution in [3.8, 4) is 5.75 Å². The second kappa shape index (κ2) is 4.85. The molecule has 1 aromatic heterocycles. The molecule has 3 rings (SSSR count). The van der Waals surface area contributed by atoms with E-state index in [4.69, 9.17) is 9.84 Å². The van der Waals surface area contributed by atoms with Crippen LogP contribution >= 0.6 is 0 Å². The van der Waals surface area contributed by atoms with Gasteiger partial charge in [-0.15, -0.1) is 0 Å². The van der Waals surface area contributed by atoms with Crippen LogP contribution in [0.15, 0.2) is 47.4 Å². The van der Waals surface area contributed by atoms with Gasteiger partial charge in [0.1, 0.15) is 5.75 Å². The second-order valence-corrected chi connectivity index (χ2v) is 4.66. The van der Waals surface area contributed by atoms with Gasteiger partial charge in [-0.3, -0.25) is 4.79 Å². The van der Waals surface area contributed by atoms with Crippen LogP contribution in [-0.2, 0) is 0 Å². The first-order chi connectivity index (χ1) is 9.66. The van der Waals surface area contributed by atoms with Crippen molar-refractivity contribution in [2.45, 2.75) is 12.5 Å². The first kappa shape index (κ1) is 12.5. The molecule has 1 unspecified atom stereocenters. The van der Waals surface area contributed by atoms with Gasteiger partial charge in [-0.05, 0) is 12.1 Å². The molecule has 1 aliphatic rings. The molecular formula is C15H13NO4. The lowest BCUT2D eigenvalue weighted by atomic mass is 10.00. The lowest BCUT2D eigenvalue weighted by Gasteiger charge is -2.27. The number of hydrogen-bond donors (Lipinski definition) is 1. The van der Waals surface area contributed by atoms with Crippen LogP contribution in [0, 0.1) is 0 Å². The molecule has 0 spiro atoms. The highest BCUT2D eigenvalue weighted by Crippen LogP contribution is 2.33. The average Bonchev–Trinajstić information content (AvgIpc) is 2.47. The Balaban J connectivity index is 2.13. The molecule has 5 nitrogen and oxygen atoms in total. The van der Waals surface area contributed by atoms with Crippen LogP contribution in [0.2, 0.25) is 0 Å². The fourth-order valence-corrected chi connectivity index (χ4v) is 2.49. The van der Waals surface area contributed by atoms with Crippen LogP contribution < -0.4 is 10.3 Å². The number of carbonyl (C=O) groups is 1. The highest BCUT2D eigenvalue weighted by molar-refractivity contribution is 5.87. The summed E-state index contributed by atoms with van der Waals surface area (Å²) < 4.78 is 7.04. The molecule has 0 bridgehead atoms. The molecule has 1 atom stereocenters. The van der Waals surface area contributed by atoms with Gasteiger partial charge in [-0.2, -0.15) is 0 Å².